The summed E-state index contributed by atoms with van der Waals surface area (Å²) in [6.45, 7) is 6.56. The van der Waals surface area contributed by atoms with Gasteiger partial charge in [-0.15, -0.1) is 0 Å². The van der Waals surface area contributed by atoms with Crippen LogP contribution < -0.4 is 21.3 Å². The lowest BCUT2D eigenvalue weighted by Gasteiger charge is -2.11. The Balaban J connectivity index is 1.85. The van der Waals surface area contributed by atoms with Gasteiger partial charge in [0.15, 0.2) is 0 Å². The Kier molecular flexibility index (Phi) is 8.87. The van der Waals surface area contributed by atoms with Crippen molar-refractivity contribution in [3.05, 3.63) is 59.7 Å². The van der Waals surface area contributed by atoms with E-state index in [1.165, 1.54) is 0 Å². The standard InChI is InChI=1S/C23H30N4O3/c1-4-5-13-24-22(29)18-7-6-8-20(14-18)27-21(28)15-25-19-11-9-17(10-12-19)23(30)26-16(2)3/h6-12,14,16,25H,4-5,13,15H2,1-3H3,(H,24,29)(H,26,30)(H,27,28). The summed E-state index contributed by atoms with van der Waals surface area (Å²) >= 11 is 0. The lowest BCUT2D eigenvalue weighted by atomic mass is 10.1. The number of carbonyl (C=O) groups excluding carboxylic acids is 3. The molecule has 0 radical (unpaired) electrons. The average Bonchev–Trinajstić information content (AvgIpc) is 2.72. The Morgan fingerprint density at radius 3 is 2.30 bits per heavy atom. The van der Waals surface area contributed by atoms with Crippen LogP contribution in [0.1, 0.15) is 54.3 Å². The number of nitrogens with one attached hydrogen (secondary N) is 4. The van der Waals surface area contributed by atoms with Gasteiger partial charge in [0.25, 0.3) is 11.8 Å². The highest BCUT2D eigenvalue weighted by Gasteiger charge is 2.09. The van der Waals surface area contributed by atoms with Crippen molar-refractivity contribution in [1.82, 2.24) is 10.6 Å². The average molecular weight is 411 g/mol. The number of anilines is 2. The molecule has 0 saturated heterocycles. The van der Waals surface area contributed by atoms with Crippen LogP contribution in [0.5, 0.6) is 0 Å². The van der Waals surface area contributed by atoms with Crippen molar-refractivity contribution in [3.63, 3.8) is 0 Å². The van der Waals surface area contributed by atoms with E-state index in [1.807, 2.05) is 13.8 Å². The molecule has 0 bridgehead atoms. The Morgan fingerprint density at radius 1 is 0.900 bits per heavy atom. The van der Waals surface area contributed by atoms with Crippen molar-refractivity contribution < 1.29 is 14.4 Å². The minimum atomic E-state index is -0.236. The fraction of sp³-hybridized carbons (Fsp3) is 0.348. The molecule has 0 spiro atoms. The minimum Gasteiger partial charge on any atom is -0.376 e. The van der Waals surface area contributed by atoms with Crippen LogP contribution in [0.15, 0.2) is 48.5 Å². The molecule has 7 nitrogen and oxygen atoms in total. The number of hydrogen-bond donors (Lipinski definition) is 4. The zero-order valence-corrected chi connectivity index (χ0v) is 17.7. The summed E-state index contributed by atoms with van der Waals surface area (Å²) in [7, 11) is 0. The van der Waals surface area contributed by atoms with Crippen LogP contribution in [0.3, 0.4) is 0 Å². The second-order valence-corrected chi connectivity index (χ2v) is 7.30. The van der Waals surface area contributed by atoms with Crippen LogP contribution in [-0.4, -0.2) is 36.9 Å². The van der Waals surface area contributed by atoms with Gasteiger partial charge in [0, 0.05) is 35.1 Å². The van der Waals surface area contributed by atoms with Crippen LogP contribution in [0.2, 0.25) is 0 Å². The summed E-state index contributed by atoms with van der Waals surface area (Å²) in [5, 5.41) is 11.5. The van der Waals surface area contributed by atoms with E-state index in [0.717, 1.165) is 18.5 Å². The Labute approximate surface area is 177 Å². The SMILES string of the molecule is CCCCNC(=O)c1cccc(NC(=O)CNc2ccc(C(=O)NC(C)C)cc2)c1. The fourth-order valence-electron chi connectivity index (χ4n) is 2.69. The molecule has 0 atom stereocenters. The van der Waals surface area contributed by atoms with E-state index in [0.29, 0.717) is 23.4 Å². The van der Waals surface area contributed by atoms with E-state index >= 15 is 0 Å². The smallest absolute Gasteiger partial charge is 0.251 e. The Bertz CT molecular complexity index is 863. The van der Waals surface area contributed by atoms with Crippen molar-refractivity contribution in [3.8, 4) is 0 Å². The second kappa shape index (κ2) is 11.6. The molecule has 7 heteroatoms. The van der Waals surface area contributed by atoms with E-state index in [9.17, 15) is 14.4 Å². The lowest BCUT2D eigenvalue weighted by Crippen LogP contribution is -2.30. The highest BCUT2D eigenvalue weighted by Crippen LogP contribution is 2.12. The normalized spacial score (nSPS) is 10.4. The number of unbranched alkanes of at least 4 members (excludes halogenated alkanes) is 1. The maximum atomic E-state index is 12.2. The van der Waals surface area contributed by atoms with Gasteiger partial charge in [0.2, 0.25) is 5.91 Å². The van der Waals surface area contributed by atoms with Crippen LogP contribution >= 0.6 is 0 Å². The first-order chi connectivity index (χ1) is 14.4. The maximum absolute atomic E-state index is 12.2. The summed E-state index contributed by atoms with van der Waals surface area (Å²) in [5.41, 5.74) is 2.36. The predicted molar refractivity (Wildman–Crippen MR) is 120 cm³/mol. The molecule has 0 aliphatic rings. The zero-order chi connectivity index (χ0) is 21.9. The zero-order valence-electron chi connectivity index (χ0n) is 17.7. The van der Waals surface area contributed by atoms with Gasteiger partial charge in [-0.05, 0) is 62.7 Å². The number of rotatable bonds is 10. The molecule has 0 aliphatic heterocycles. The van der Waals surface area contributed by atoms with E-state index < -0.39 is 0 Å². The van der Waals surface area contributed by atoms with Gasteiger partial charge in [-0.25, -0.2) is 0 Å². The molecule has 0 unspecified atom stereocenters. The molecule has 0 saturated carbocycles. The highest BCUT2D eigenvalue weighted by atomic mass is 16.2. The Morgan fingerprint density at radius 2 is 1.63 bits per heavy atom. The van der Waals surface area contributed by atoms with E-state index in [1.54, 1.807) is 48.5 Å². The van der Waals surface area contributed by atoms with Gasteiger partial charge in [-0.2, -0.15) is 0 Å². The highest BCUT2D eigenvalue weighted by molar-refractivity contribution is 5.98. The topological polar surface area (TPSA) is 99.3 Å². The first kappa shape index (κ1) is 22.9. The summed E-state index contributed by atoms with van der Waals surface area (Å²) < 4.78 is 0. The molecule has 0 aromatic heterocycles. The number of carbonyl (C=O) groups is 3. The quantitative estimate of drug-likeness (QED) is 0.451. The molecule has 0 heterocycles. The van der Waals surface area contributed by atoms with Crippen molar-refractivity contribution >= 4 is 29.1 Å². The summed E-state index contributed by atoms with van der Waals surface area (Å²) in [4.78, 5) is 36.3. The summed E-state index contributed by atoms with van der Waals surface area (Å²) in [6.07, 6.45) is 1.94. The molecular weight excluding hydrogens is 380 g/mol. The Hall–Kier alpha value is -3.35. The number of hydrogen-bond acceptors (Lipinski definition) is 4. The lowest BCUT2D eigenvalue weighted by molar-refractivity contribution is -0.114. The fourth-order valence-corrected chi connectivity index (χ4v) is 2.69. The van der Waals surface area contributed by atoms with Gasteiger partial charge in [0.05, 0.1) is 6.54 Å². The molecule has 2 aromatic rings. The van der Waals surface area contributed by atoms with Crippen LogP contribution in [0, 0.1) is 0 Å². The molecule has 0 fully saturated rings. The first-order valence-electron chi connectivity index (χ1n) is 10.2. The summed E-state index contributed by atoms with van der Waals surface area (Å²) in [5.74, 6) is -0.521. The van der Waals surface area contributed by atoms with Crippen molar-refractivity contribution in [2.45, 2.75) is 39.7 Å². The van der Waals surface area contributed by atoms with Crippen LogP contribution in [0.4, 0.5) is 11.4 Å². The molecule has 2 rings (SSSR count). The molecule has 160 valence electrons. The number of benzene rings is 2. The third kappa shape index (κ3) is 7.58. The van der Waals surface area contributed by atoms with Gasteiger partial charge >= 0.3 is 0 Å². The minimum absolute atomic E-state index is 0.0600. The predicted octanol–water partition coefficient (Wildman–Crippen LogP) is 3.41. The van der Waals surface area contributed by atoms with Crippen molar-refractivity contribution in [2.24, 2.45) is 0 Å². The first-order valence-corrected chi connectivity index (χ1v) is 10.2. The molecule has 0 aliphatic carbocycles. The molecule has 3 amide bonds. The van der Waals surface area contributed by atoms with E-state index in [-0.39, 0.29) is 30.3 Å². The van der Waals surface area contributed by atoms with Crippen molar-refractivity contribution in [1.29, 1.82) is 0 Å². The number of amides is 3. The van der Waals surface area contributed by atoms with Gasteiger partial charge in [-0.1, -0.05) is 19.4 Å². The molecular formula is C23H30N4O3. The van der Waals surface area contributed by atoms with E-state index in [2.05, 4.69) is 28.2 Å². The summed E-state index contributed by atoms with van der Waals surface area (Å²) in [6, 6.07) is 13.8. The third-order valence-corrected chi connectivity index (χ3v) is 4.24. The van der Waals surface area contributed by atoms with Crippen LogP contribution in [-0.2, 0) is 4.79 Å². The van der Waals surface area contributed by atoms with E-state index in [4.69, 9.17) is 0 Å². The third-order valence-electron chi connectivity index (χ3n) is 4.24. The molecule has 4 N–H and O–H groups in total. The second-order valence-electron chi connectivity index (χ2n) is 7.30. The van der Waals surface area contributed by atoms with Crippen LogP contribution in [0.25, 0.3) is 0 Å². The monoisotopic (exact) mass is 410 g/mol. The van der Waals surface area contributed by atoms with Gasteiger partial charge < -0.3 is 21.3 Å². The van der Waals surface area contributed by atoms with Gasteiger partial charge in [0.1, 0.15) is 0 Å². The molecule has 2 aromatic carbocycles. The van der Waals surface area contributed by atoms with Gasteiger partial charge in [-0.3, -0.25) is 14.4 Å². The largest absolute Gasteiger partial charge is 0.376 e. The molecule has 30 heavy (non-hydrogen) atoms. The maximum Gasteiger partial charge on any atom is 0.251 e. The van der Waals surface area contributed by atoms with Crippen molar-refractivity contribution in [2.75, 3.05) is 23.7 Å².